The number of nitriles is 1. The lowest BCUT2D eigenvalue weighted by Gasteiger charge is -2.15. The molecule has 0 aliphatic carbocycles. The number of carbonyl (C=O) groups excluding carboxylic acids is 1. The summed E-state index contributed by atoms with van der Waals surface area (Å²) in [5.41, 5.74) is 0.980. The topological polar surface area (TPSA) is 62.1 Å². The van der Waals surface area contributed by atoms with E-state index in [2.05, 4.69) is 5.32 Å². The maximum Gasteiger partial charge on any atom is 0.265 e. The van der Waals surface area contributed by atoms with E-state index in [-0.39, 0.29) is 5.75 Å². The van der Waals surface area contributed by atoms with Gasteiger partial charge in [0, 0.05) is 11.8 Å². The third-order valence-corrected chi connectivity index (χ3v) is 2.85. The zero-order valence-corrected chi connectivity index (χ0v) is 11.6. The normalized spacial score (nSPS) is 11.4. The van der Waals surface area contributed by atoms with Crippen LogP contribution in [0.3, 0.4) is 0 Å². The molecule has 2 aromatic rings. The first-order chi connectivity index (χ1) is 10.5. The van der Waals surface area contributed by atoms with Crippen LogP contribution in [0.5, 0.6) is 5.75 Å². The lowest BCUT2D eigenvalue weighted by atomic mass is 10.2. The number of anilines is 1. The van der Waals surface area contributed by atoms with E-state index in [0.717, 1.165) is 12.1 Å². The molecular formula is C16H12F2N2O2. The molecule has 0 heterocycles. The molecule has 1 atom stereocenters. The highest BCUT2D eigenvalue weighted by atomic mass is 19.2. The second-order valence-corrected chi connectivity index (χ2v) is 4.51. The molecule has 1 unspecified atom stereocenters. The van der Waals surface area contributed by atoms with Crippen LogP contribution in [0.1, 0.15) is 12.5 Å². The van der Waals surface area contributed by atoms with Crippen LogP contribution in [0.4, 0.5) is 14.5 Å². The van der Waals surface area contributed by atoms with Crippen molar-refractivity contribution >= 4 is 11.6 Å². The van der Waals surface area contributed by atoms with Gasteiger partial charge in [-0.1, -0.05) is 0 Å². The largest absolute Gasteiger partial charge is 0.481 e. The van der Waals surface area contributed by atoms with Gasteiger partial charge in [0.05, 0.1) is 11.6 Å². The first-order valence-electron chi connectivity index (χ1n) is 6.42. The third kappa shape index (κ3) is 3.79. The van der Waals surface area contributed by atoms with Crippen molar-refractivity contribution in [2.24, 2.45) is 0 Å². The Morgan fingerprint density at radius 2 is 1.86 bits per heavy atom. The zero-order chi connectivity index (χ0) is 16.1. The van der Waals surface area contributed by atoms with Gasteiger partial charge in [-0.25, -0.2) is 8.78 Å². The molecule has 6 heteroatoms. The molecule has 1 amide bonds. The molecule has 2 aromatic carbocycles. The van der Waals surface area contributed by atoms with Gasteiger partial charge in [0.2, 0.25) is 0 Å². The van der Waals surface area contributed by atoms with Crippen molar-refractivity contribution in [2.75, 3.05) is 5.32 Å². The van der Waals surface area contributed by atoms with Crippen molar-refractivity contribution in [3.05, 3.63) is 59.7 Å². The minimum atomic E-state index is -1.04. The van der Waals surface area contributed by atoms with Crippen LogP contribution in [0.25, 0.3) is 0 Å². The quantitative estimate of drug-likeness (QED) is 0.943. The number of nitrogens with one attached hydrogen (secondary N) is 1. The lowest BCUT2D eigenvalue weighted by Crippen LogP contribution is -2.30. The number of amides is 1. The Bertz CT molecular complexity index is 724. The molecule has 0 fully saturated rings. The smallest absolute Gasteiger partial charge is 0.265 e. The van der Waals surface area contributed by atoms with Gasteiger partial charge in [0.1, 0.15) is 5.75 Å². The van der Waals surface area contributed by atoms with Crippen LogP contribution < -0.4 is 10.1 Å². The number of hydrogen-bond acceptors (Lipinski definition) is 3. The predicted octanol–water partition coefficient (Wildman–Crippen LogP) is 3.24. The fourth-order valence-corrected chi connectivity index (χ4v) is 1.68. The van der Waals surface area contributed by atoms with Crippen LogP contribution >= 0.6 is 0 Å². The first-order valence-corrected chi connectivity index (χ1v) is 6.42. The van der Waals surface area contributed by atoms with Crippen molar-refractivity contribution in [1.29, 1.82) is 5.26 Å². The number of benzene rings is 2. The van der Waals surface area contributed by atoms with Crippen molar-refractivity contribution in [2.45, 2.75) is 13.0 Å². The Morgan fingerprint density at radius 3 is 2.45 bits per heavy atom. The minimum absolute atomic E-state index is 0.0568. The second kappa shape index (κ2) is 6.68. The van der Waals surface area contributed by atoms with E-state index in [1.807, 2.05) is 6.07 Å². The van der Waals surface area contributed by atoms with Crippen molar-refractivity contribution in [3.8, 4) is 11.8 Å². The fraction of sp³-hybridized carbons (Fsp3) is 0.125. The molecule has 2 rings (SSSR count). The van der Waals surface area contributed by atoms with E-state index < -0.39 is 23.6 Å². The van der Waals surface area contributed by atoms with Crippen LogP contribution in [0.15, 0.2) is 42.5 Å². The van der Waals surface area contributed by atoms with Gasteiger partial charge < -0.3 is 10.1 Å². The number of nitrogens with zero attached hydrogens (tertiary/aromatic N) is 1. The van der Waals surface area contributed by atoms with Gasteiger partial charge in [-0.2, -0.15) is 5.26 Å². The Morgan fingerprint density at radius 1 is 1.18 bits per heavy atom. The summed E-state index contributed by atoms with van der Waals surface area (Å²) in [7, 11) is 0. The predicted molar refractivity (Wildman–Crippen MR) is 76.2 cm³/mol. The van der Waals surface area contributed by atoms with Crippen LogP contribution in [0, 0.1) is 23.0 Å². The summed E-state index contributed by atoms with van der Waals surface area (Å²) in [4.78, 5) is 12.0. The molecule has 1 N–H and O–H groups in total. The lowest BCUT2D eigenvalue weighted by molar-refractivity contribution is -0.122. The minimum Gasteiger partial charge on any atom is -0.481 e. The molecule has 0 saturated heterocycles. The number of halogens is 2. The molecule has 4 nitrogen and oxygen atoms in total. The standard InChI is InChI=1S/C16H12F2N2O2/c1-10(22-13-6-7-14(17)15(18)8-13)16(21)20-12-4-2-11(9-19)3-5-12/h2-8,10H,1H3,(H,20,21). The molecule has 0 saturated carbocycles. The fourth-order valence-electron chi connectivity index (χ4n) is 1.68. The molecule has 0 spiro atoms. The van der Waals surface area contributed by atoms with Gasteiger partial charge in [0.15, 0.2) is 17.7 Å². The van der Waals surface area contributed by atoms with Gasteiger partial charge in [0.25, 0.3) is 5.91 Å². The summed E-state index contributed by atoms with van der Waals surface area (Å²) in [6.07, 6.45) is -0.902. The van der Waals surface area contributed by atoms with Crippen LogP contribution in [-0.2, 0) is 4.79 Å². The number of ether oxygens (including phenoxy) is 1. The Hall–Kier alpha value is -2.94. The number of rotatable bonds is 4. The first kappa shape index (κ1) is 15.4. The van der Waals surface area contributed by atoms with Crippen molar-refractivity contribution in [1.82, 2.24) is 0 Å². The average Bonchev–Trinajstić information content (AvgIpc) is 2.51. The van der Waals surface area contributed by atoms with Crippen molar-refractivity contribution in [3.63, 3.8) is 0 Å². The summed E-state index contributed by atoms with van der Waals surface area (Å²) in [5.74, 6) is -2.42. The van der Waals surface area contributed by atoms with E-state index in [1.165, 1.54) is 13.0 Å². The van der Waals surface area contributed by atoms with E-state index in [4.69, 9.17) is 10.00 Å². The maximum atomic E-state index is 13.1. The molecular weight excluding hydrogens is 290 g/mol. The van der Waals surface area contributed by atoms with Crippen LogP contribution in [0.2, 0.25) is 0 Å². The van der Waals surface area contributed by atoms with Gasteiger partial charge in [-0.05, 0) is 43.3 Å². The molecule has 0 radical (unpaired) electrons. The van der Waals surface area contributed by atoms with E-state index in [0.29, 0.717) is 11.3 Å². The molecule has 112 valence electrons. The number of hydrogen-bond donors (Lipinski definition) is 1. The SMILES string of the molecule is CC(Oc1ccc(F)c(F)c1)C(=O)Nc1ccc(C#N)cc1. The summed E-state index contributed by atoms with van der Waals surface area (Å²) in [5, 5.41) is 11.3. The highest BCUT2D eigenvalue weighted by Gasteiger charge is 2.15. The summed E-state index contributed by atoms with van der Waals surface area (Å²) in [6, 6.07) is 11.3. The molecule has 0 aromatic heterocycles. The van der Waals surface area contributed by atoms with Crippen molar-refractivity contribution < 1.29 is 18.3 Å². The Labute approximate surface area is 125 Å². The summed E-state index contributed by atoms with van der Waals surface area (Å²) in [6.45, 7) is 1.49. The average molecular weight is 302 g/mol. The van der Waals surface area contributed by atoms with Crippen LogP contribution in [-0.4, -0.2) is 12.0 Å². The van der Waals surface area contributed by atoms with E-state index in [1.54, 1.807) is 24.3 Å². The molecule has 0 bridgehead atoms. The van der Waals surface area contributed by atoms with Gasteiger partial charge in [-0.15, -0.1) is 0 Å². The second-order valence-electron chi connectivity index (χ2n) is 4.51. The zero-order valence-electron chi connectivity index (χ0n) is 11.6. The Balaban J connectivity index is 1.99. The Kier molecular flexibility index (Phi) is 4.69. The molecule has 0 aliphatic heterocycles. The molecule has 22 heavy (non-hydrogen) atoms. The monoisotopic (exact) mass is 302 g/mol. The maximum absolute atomic E-state index is 13.1. The van der Waals surface area contributed by atoms with E-state index in [9.17, 15) is 13.6 Å². The molecule has 0 aliphatic rings. The summed E-state index contributed by atoms with van der Waals surface area (Å²) >= 11 is 0. The highest BCUT2D eigenvalue weighted by Crippen LogP contribution is 2.17. The van der Waals surface area contributed by atoms with Gasteiger partial charge in [-0.3, -0.25) is 4.79 Å². The summed E-state index contributed by atoms with van der Waals surface area (Å²) < 4.78 is 31.1. The highest BCUT2D eigenvalue weighted by molar-refractivity contribution is 5.94. The van der Waals surface area contributed by atoms with Gasteiger partial charge >= 0.3 is 0 Å². The number of carbonyl (C=O) groups is 1. The third-order valence-electron chi connectivity index (χ3n) is 2.85. The van der Waals surface area contributed by atoms with E-state index >= 15 is 0 Å².